The van der Waals surface area contributed by atoms with E-state index in [4.69, 9.17) is 28.4 Å². The first-order chi connectivity index (χ1) is 27.5. The van der Waals surface area contributed by atoms with Gasteiger partial charge >= 0.3 is 5.97 Å². The molecule has 0 aromatic carbocycles. The number of esters is 1. The number of carbonyl (C=O) groups excluding carboxylic acids is 1. The molecule has 2 spiro atoms. The van der Waals surface area contributed by atoms with Crippen molar-refractivity contribution in [3.63, 3.8) is 0 Å². The lowest BCUT2D eigenvalue weighted by molar-refractivity contribution is -0.334. The van der Waals surface area contributed by atoms with Crippen molar-refractivity contribution < 1.29 is 74.1 Å². The Bertz CT molecular complexity index is 1590. The van der Waals surface area contributed by atoms with Crippen molar-refractivity contribution in [3.05, 3.63) is 0 Å². The van der Waals surface area contributed by atoms with E-state index in [0.29, 0.717) is 31.1 Å². The summed E-state index contributed by atoms with van der Waals surface area (Å²) in [5.74, 6) is 0.00996. The molecule has 1 unspecified atom stereocenters. The standard InChI is InChI=1S/C44H72O15/c1-21(47)54-34-32(52)30(50)24(19-46)56-37(34)57-27-12-14-43-20-44(43)16-15-40(6)35(22(48)17-41(40,7)26(44)10-9-25(43)38(27,2)3)42(8)13-11-28(58-42)39(4,5)59-36-33(53)31(51)29(49)23(18-45)55-36/h22-37,45-46,48-53H,9-20H2,1-8H3/t22-,23+,24+,25-,26-,27-,28?,29+,30+,31-,32-,33+,34+,35-,36-,37-,40+,41-,42-,43+,44-/m0/s1. The summed E-state index contributed by atoms with van der Waals surface area (Å²) >= 11 is 0. The van der Waals surface area contributed by atoms with Crippen LogP contribution in [0.1, 0.15) is 120 Å². The number of ether oxygens (including phenoxy) is 6. The molecule has 3 heterocycles. The maximum atomic E-state index is 12.3. The van der Waals surface area contributed by atoms with Crippen molar-refractivity contribution in [1.29, 1.82) is 0 Å². The SMILES string of the molecule is CC(=O)O[C@H]1[C@H](O[C@H]2CC[C@]34C[C@]35CC[C@]3(C)[C@@H]([C@]6(C)CCC(C(C)(C)O[C@@H]7O[C@H](CO)[C@@H](O)[C@H](O)[C@H]7O)O6)[C@@H](O)C[C@@]3(C)[C@@H]5CC[C@H]4C2(C)C)O[C@H](CO)[C@@H](O)[C@@H]1O. The second-order valence-electron chi connectivity index (χ2n) is 21.9. The summed E-state index contributed by atoms with van der Waals surface area (Å²) in [7, 11) is 0. The Kier molecular flexibility index (Phi) is 11.1. The molecule has 8 rings (SSSR count). The van der Waals surface area contributed by atoms with E-state index >= 15 is 0 Å². The lowest BCUT2D eigenvalue weighted by Crippen LogP contribution is -2.63. The molecule has 0 bridgehead atoms. The first kappa shape index (κ1) is 44.6. The number of fused-ring (bicyclic) bond motifs is 2. The average molecular weight is 841 g/mol. The highest BCUT2D eigenvalue weighted by atomic mass is 16.7. The molecule has 15 nitrogen and oxygen atoms in total. The largest absolute Gasteiger partial charge is 0.454 e. The fourth-order valence-electron chi connectivity index (χ4n) is 15.5. The average Bonchev–Trinajstić information content (AvgIpc) is 3.56. The minimum atomic E-state index is -1.54. The summed E-state index contributed by atoms with van der Waals surface area (Å²) in [6.07, 6.45) is -5.55. The molecule has 21 atom stereocenters. The molecule has 0 aromatic heterocycles. The van der Waals surface area contributed by atoms with Crippen molar-refractivity contribution in [3.8, 4) is 0 Å². The molecular formula is C44H72O15. The van der Waals surface area contributed by atoms with Gasteiger partial charge in [-0.3, -0.25) is 4.79 Å². The molecule has 59 heavy (non-hydrogen) atoms. The lowest BCUT2D eigenvalue weighted by Gasteiger charge is -2.64. The monoisotopic (exact) mass is 840 g/mol. The van der Waals surface area contributed by atoms with E-state index in [2.05, 4.69) is 34.6 Å². The van der Waals surface area contributed by atoms with Gasteiger partial charge in [0.15, 0.2) is 18.7 Å². The maximum absolute atomic E-state index is 12.3. The molecule has 5 saturated carbocycles. The van der Waals surface area contributed by atoms with Crippen LogP contribution >= 0.6 is 0 Å². The third kappa shape index (κ3) is 6.40. The van der Waals surface area contributed by atoms with E-state index in [0.717, 1.165) is 44.9 Å². The van der Waals surface area contributed by atoms with Gasteiger partial charge in [-0.1, -0.05) is 27.7 Å². The Morgan fingerprint density at radius 1 is 0.712 bits per heavy atom. The first-order valence-corrected chi connectivity index (χ1v) is 22.3. The Morgan fingerprint density at radius 2 is 1.32 bits per heavy atom. The van der Waals surface area contributed by atoms with E-state index in [9.17, 15) is 45.6 Å². The van der Waals surface area contributed by atoms with Crippen LogP contribution in [-0.2, 0) is 33.2 Å². The lowest BCUT2D eigenvalue weighted by atomic mass is 9.41. The molecule has 8 fully saturated rings. The molecule has 3 saturated heterocycles. The van der Waals surface area contributed by atoms with Gasteiger partial charge in [-0.15, -0.1) is 0 Å². The van der Waals surface area contributed by atoms with Crippen LogP contribution in [0.15, 0.2) is 0 Å². The van der Waals surface area contributed by atoms with Crippen LogP contribution in [0.5, 0.6) is 0 Å². The van der Waals surface area contributed by atoms with Gasteiger partial charge in [-0.2, -0.15) is 0 Å². The number of rotatable bonds is 9. The Morgan fingerprint density at radius 3 is 1.97 bits per heavy atom. The summed E-state index contributed by atoms with van der Waals surface area (Å²) in [5, 5.41) is 84.8. The number of hydrogen-bond acceptors (Lipinski definition) is 15. The van der Waals surface area contributed by atoms with E-state index in [-0.39, 0.29) is 39.1 Å². The van der Waals surface area contributed by atoms with Gasteiger partial charge < -0.3 is 69.3 Å². The van der Waals surface area contributed by atoms with Crippen molar-refractivity contribution >= 4 is 5.97 Å². The second-order valence-corrected chi connectivity index (χ2v) is 21.9. The van der Waals surface area contributed by atoms with Gasteiger partial charge in [-0.05, 0) is 124 Å². The molecule has 3 aliphatic heterocycles. The first-order valence-electron chi connectivity index (χ1n) is 22.3. The van der Waals surface area contributed by atoms with E-state index < -0.39 is 104 Å². The zero-order valence-electron chi connectivity index (χ0n) is 36.2. The van der Waals surface area contributed by atoms with E-state index in [1.807, 2.05) is 13.8 Å². The van der Waals surface area contributed by atoms with Gasteiger partial charge in [0, 0.05) is 12.8 Å². The zero-order chi connectivity index (χ0) is 43.0. The van der Waals surface area contributed by atoms with Gasteiger partial charge in [-0.25, -0.2) is 0 Å². The number of aliphatic hydroxyl groups is 8. The summed E-state index contributed by atoms with van der Waals surface area (Å²) in [4.78, 5) is 12.0. The number of carbonyl (C=O) groups is 1. The zero-order valence-corrected chi connectivity index (χ0v) is 36.2. The molecule has 8 N–H and O–H groups in total. The summed E-state index contributed by atoms with van der Waals surface area (Å²) in [6, 6.07) is 0. The predicted molar refractivity (Wildman–Crippen MR) is 208 cm³/mol. The second kappa shape index (κ2) is 14.7. The highest BCUT2D eigenvalue weighted by molar-refractivity contribution is 5.66. The minimum Gasteiger partial charge on any atom is -0.454 e. The van der Waals surface area contributed by atoms with Crippen LogP contribution in [0.2, 0.25) is 0 Å². The van der Waals surface area contributed by atoms with Crippen molar-refractivity contribution in [2.45, 2.75) is 211 Å². The molecule has 0 amide bonds. The van der Waals surface area contributed by atoms with Crippen molar-refractivity contribution in [2.24, 2.45) is 44.8 Å². The van der Waals surface area contributed by atoms with Crippen molar-refractivity contribution in [2.75, 3.05) is 13.2 Å². The quantitative estimate of drug-likeness (QED) is 0.122. The van der Waals surface area contributed by atoms with E-state index in [1.165, 1.54) is 6.92 Å². The maximum Gasteiger partial charge on any atom is 0.303 e. The van der Waals surface area contributed by atoms with Crippen LogP contribution in [0, 0.1) is 44.8 Å². The normalized spacial score (nSPS) is 55.4. The Balaban J connectivity index is 0.981. The highest BCUT2D eigenvalue weighted by Gasteiger charge is 2.83. The highest BCUT2D eigenvalue weighted by Crippen LogP contribution is 2.89. The topological polar surface area (TPSA) is 234 Å². The number of hydrogen-bond donors (Lipinski definition) is 8. The van der Waals surface area contributed by atoms with Gasteiger partial charge in [0.05, 0.1) is 42.7 Å². The Labute approximate surface area is 348 Å². The Hall–Kier alpha value is -1.05. The third-order valence-electron chi connectivity index (χ3n) is 18.5. The number of aliphatic hydroxyl groups excluding tert-OH is 8. The summed E-state index contributed by atoms with van der Waals surface area (Å²) < 4.78 is 37.1. The summed E-state index contributed by atoms with van der Waals surface area (Å²) in [6.45, 7) is 15.4. The van der Waals surface area contributed by atoms with Gasteiger partial charge in [0.2, 0.25) is 0 Å². The molecule has 15 heteroatoms. The predicted octanol–water partition coefficient (Wildman–Crippen LogP) is 1.69. The molecule has 338 valence electrons. The third-order valence-corrected chi connectivity index (χ3v) is 18.5. The van der Waals surface area contributed by atoms with Gasteiger partial charge in [0.1, 0.15) is 42.7 Å². The van der Waals surface area contributed by atoms with Gasteiger partial charge in [0.25, 0.3) is 0 Å². The fraction of sp³-hybridized carbons (Fsp3) is 0.977. The minimum absolute atomic E-state index is 0.128. The molecule has 8 aliphatic rings. The van der Waals surface area contributed by atoms with Crippen molar-refractivity contribution in [1.82, 2.24) is 0 Å². The van der Waals surface area contributed by atoms with Crippen LogP contribution in [0.25, 0.3) is 0 Å². The summed E-state index contributed by atoms with van der Waals surface area (Å²) in [5.41, 5.74) is -2.00. The molecule has 0 aromatic rings. The van der Waals surface area contributed by atoms with Crippen LogP contribution in [0.4, 0.5) is 0 Å². The fourth-order valence-corrected chi connectivity index (χ4v) is 15.5. The molecule has 5 aliphatic carbocycles. The van der Waals surface area contributed by atoms with Crippen LogP contribution in [-0.4, -0.2) is 151 Å². The van der Waals surface area contributed by atoms with E-state index in [1.54, 1.807) is 0 Å². The van der Waals surface area contributed by atoms with Crippen LogP contribution in [0.3, 0.4) is 0 Å². The smallest absolute Gasteiger partial charge is 0.303 e. The molecule has 0 radical (unpaired) electrons. The van der Waals surface area contributed by atoms with Crippen LogP contribution < -0.4 is 0 Å². The molecular weight excluding hydrogens is 768 g/mol.